The molecule has 2 aromatic heterocycles. The standard InChI is InChI=1S/C19H15Cl2N5O2/c20-13-3-4-15(21)14(10-13)17-23-18(16(27)12-2-1-5-22-11-12)25-19(24-17)26-6-8-28-9-7-26/h1-5,10-11H,6-9H2. The van der Waals surface area contributed by atoms with Crippen molar-refractivity contribution in [2.75, 3.05) is 31.2 Å². The zero-order valence-electron chi connectivity index (χ0n) is 14.7. The molecule has 28 heavy (non-hydrogen) atoms. The number of rotatable bonds is 4. The number of ether oxygens (including phenoxy) is 1. The molecule has 0 unspecified atom stereocenters. The number of morpholine rings is 1. The van der Waals surface area contributed by atoms with Crippen LogP contribution in [0.4, 0.5) is 5.95 Å². The first-order valence-electron chi connectivity index (χ1n) is 8.61. The molecule has 3 aromatic rings. The second kappa shape index (κ2) is 8.18. The largest absolute Gasteiger partial charge is 0.378 e. The van der Waals surface area contributed by atoms with Crippen LogP contribution in [-0.2, 0) is 4.74 Å². The molecule has 1 saturated heterocycles. The molecule has 3 heterocycles. The summed E-state index contributed by atoms with van der Waals surface area (Å²) in [6, 6.07) is 8.37. The van der Waals surface area contributed by atoms with Gasteiger partial charge in [0.05, 0.1) is 18.2 Å². The second-order valence-electron chi connectivity index (χ2n) is 6.08. The summed E-state index contributed by atoms with van der Waals surface area (Å²) in [4.78, 5) is 32.2. The monoisotopic (exact) mass is 415 g/mol. The molecule has 4 rings (SSSR count). The first-order chi connectivity index (χ1) is 13.6. The second-order valence-corrected chi connectivity index (χ2v) is 6.92. The number of hydrogen-bond acceptors (Lipinski definition) is 7. The van der Waals surface area contributed by atoms with Crippen LogP contribution in [0.25, 0.3) is 11.4 Å². The van der Waals surface area contributed by atoms with Crippen molar-refractivity contribution in [3.05, 3.63) is 64.2 Å². The lowest BCUT2D eigenvalue weighted by molar-refractivity contribution is 0.102. The molecule has 0 aliphatic carbocycles. The third kappa shape index (κ3) is 3.96. The van der Waals surface area contributed by atoms with Gasteiger partial charge in [-0.05, 0) is 30.3 Å². The third-order valence-corrected chi connectivity index (χ3v) is 4.78. The van der Waals surface area contributed by atoms with E-state index in [9.17, 15) is 4.79 Å². The highest BCUT2D eigenvalue weighted by Crippen LogP contribution is 2.29. The topological polar surface area (TPSA) is 81.1 Å². The fourth-order valence-electron chi connectivity index (χ4n) is 2.79. The minimum absolute atomic E-state index is 0.0236. The van der Waals surface area contributed by atoms with Gasteiger partial charge in [0, 0.05) is 41.6 Å². The van der Waals surface area contributed by atoms with Gasteiger partial charge in [-0.1, -0.05) is 23.2 Å². The summed E-state index contributed by atoms with van der Waals surface area (Å²) >= 11 is 12.5. The number of hydrogen-bond donors (Lipinski definition) is 0. The van der Waals surface area contributed by atoms with E-state index in [-0.39, 0.29) is 17.4 Å². The molecular weight excluding hydrogens is 401 g/mol. The van der Waals surface area contributed by atoms with Gasteiger partial charge in [0.25, 0.3) is 0 Å². The molecule has 0 saturated carbocycles. The smallest absolute Gasteiger partial charge is 0.231 e. The quantitative estimate of drug-likeness (QED) is 0.604. The number of pyridine rings is 1. The highest BCUT2D eigenvalue weighted by molar-refractivity contribution is 6.35. The molecule has 0 radical (unpaired) electrons. The van der Waals surface area contributed by atoms with Crippen LogP contribution in [0.15, 0.2) is 42.7 Å². The summed E-state index contributed by atoms with van der Waals surface area (Å²) < 4.78 is 5.39. The molecule has 0 amide bonds. The van der Waals surface area contributed by atoms with E-state index < -0.39 is 0 Å². The van der Waals surface area contributed by atoms with Crippen LogP contribution in [0.2, 0.25) is 10.0 Å². The van der Waals surface area contributed by atoms with Crippen LogP contribution >= 0.6 is 23.2 Å². The summed E-state index contributed by atoms with van der Waals surface area (Å²) in [5, 5.41) is 0.927. The Hall–Kier alpha value is -2.61. The van der Waals surface area contributed by atoms with Crippen LogP contribution in [-0.4, -0.2) is 52.0 Å². The zero-order valence-corrected chi connectivity index (χ0v) is 16.2. The van der Waals surface area contributed by atoms with Gasteiger partial charge in [-0.3, -0.25) is 9.78 Å². The van der Waals surface area contributed by atoms with Crippen molar-refractivity contribution in [2.24, 2.45) is 0 Å². The van der Waals surface area contributed by atoms with Crippen molar-refractivity contribution in [1.29, 1.82) is 0 Å². The van der Waals surface area contributed by atoms with Crippen molar-refractivity contribution in [3.63, 3.8) is 0 Å². The molecule has 1 aliphatic heterocycles. The van der Waals surface area contributed by atoms with Gasteiger partial charge in [0.15, 0.2) is 5.82 Å². The maximum Gasteiger partial charge on any atom is 0.231 e. The van der Waals surface area contributed by atoms with Crippen LogP contribution in [0.1, 0.15) is 16.2 Å². The van der Waals surface area contributed by atoms with Crippen molar-refractivity contribution in [3.8, 4) is 11.4 Å². The Morgan fingerprint density at radius 2 is 1.89 bits per heavy atom. The van der Waals surface area contributed by atoms with Crippen molar-refractivity contribution >= 4 is 34.9 Å². The Labute approximate surface area is 171 Å². The first-order valence-corrected chi connectivity index (χ1v) is 9.36. The van der Waals surface area contributed by atoms with E-state index in [1.165, 1.54) is 6.20 Å². The number of halogens is 2. The van der Waals surface area contributed by atoms with Gasteiger partial charge in [-0.2, -0.15) is 9.97 Å². The van der Waals surface area contributed by atoms with E-state index in [2.05, 4.69) is 19.9 Å². The summed E-state index contributed by atoms with van der Waals surface area (Å²) in [5.41, 5.74) is 0.927. The molecule has 9 heteroatoms. The number of aromatic nitrogens is 4. The van der Waals surface area contributed by atoms with E-state index in [4.69, 9.17) is 27.9 Å². The van der Waals surface area contributed by atoms with Crippen molar-refractivity contribution < 1.29 is 9.53 Å². The highest BCUT2D eigenvalue weighted by Gasteiger charge is 2.22. The van der Waals surface area contributed by atoms with Crippen molar-refractivity contribution in [2.45, 2.75) is 0 Å². The Morgan fingerprint density at radius 3 is 2.64 bits per heavy atom. The lowest BCUT2D eigenvalue weighted by atomic mass is 10.1. The van der Waals surface area contributed by atoms with Crippen LogP contribution in [0, 0.1) is 0 Å². The maximum absolute atomic E-state index is 12.9. The molecule has 1 aromatic carbocycles. The third-order valence-electron chi connectivity index (χ3n) is 4.21. The van der Waals surface area contributed by atoms with Gasteiger partial charge >= 0.3 is 0 Å². The van der Waals surface area contributed by atoms with Gasteiger partial charge in [0.2, 0.25) is 17.6 Å². The molecule has 1 aliphatic rings. The lowest BCUT2D eigenvalue weighted by Gasteiger charge is -2.27. The Kier molecular flexibility index (Phi) is 5.47. The minimum atomic E-state index is -0.343. The maximum atomic E-state index is 12.9. The van der Waals surface area contributed by atoms with Crippen LogP contribution in [0.5, 0.6) is 0 Å². The van der Waals surface area contributed by atoms with Crippen LogP contribution < -0.4 is 4.90 Å². The molecule has 0 atom stereocenters. The van der Waals surface area contributed by atoms with Crippen LogP contribution in [0.3, 0.4) is 0 Å². The number of benzene rings is 1. The summed E-state index contributed by atoms with van der Waals surface area (Å²) in [7, 11) is 0. The van der Waals surface area contributed by atoms with E-state index in [1.807, 2.05) is 4.90 Å². The SMILES string of the molecule is O=C(c1cccnc1)c1nc(-c2cc(Cl)ccc2Cl)nc(N2CCOCC2)n1. The van der Waals surface area contributed by atoms with E-state index in [0.717, 1.165) is 0 Å². The molecular formula is C19H15Cl2N5O2. The molecule has 0 N–H and O–H groups in total. The van der Waals surface area contributed by atoms with Gasteiger partial charge in [-0.25, -0.2) is 4.98 Å². The molecule has 0 spiro atoms. The number of anilines is 1. The zero-order chi connectivity index (χ0) is 19.5. The molecule has 1 fully saturated rings. The molecule has 142 valence electrons. The van der Waals surface area contributed by atoms with E-state index >= 15 is 0 Å². The number of carbonyl (C=O) groups excluding carboxylic acids is 1. The summed E-state index contributed by atoms with van der Waals surface area (Å²) in [6.07, 6.45) is 3.08. The van der Waals surface area contributed by atoms with Crippen molar-refractivity contribution in [1.82, 2.24) is 19.9 Å². The summed E-state index contributed by atoms with van der Waals surface area (Å²) in [5.74, 6) is 0.368. The fourth-order valence-corrected chi connectivity index (χ4v) is 3.16. The number of nitrogens with zero attached hydrogens (tertiary/aromatic N) is 5. The first kappa shape index (κ1) is 18.7. The molecule has 0 bridgehead atoms. The van der Waals surface area contributed by atoms with Gasteiger partial charge in [0.1, 0.15) is 0 Å². The number of carbonyl (C=O) groups is 1. The fraction of sp³-hybridized carbons (Fsp3) is 0.211. The highest BCUT2D eigenvalue weighted by atomic mass is 35.5. The summed E-state index contributed by atoms with van der Waals surface area (Å²) in [6.45, 7) is 2.36. The van der Waals surface area contributed by atoms with Gasteiger partial charge in [-0.15, -0.1) is 0 Å². The number of ketones is 1. The average Bonchev–Trinajstić information content (AvgIpc) is 2.76. The van der Waals surface area contributed by atoms with Gasteiger partial charge < -0.3 is 9.64 Å². The Morgan fingerprint density at radius 1 is 1.07 bits per heavy atom. The Balaban J connectivity index is 1.83. The predicted octanol–water partition coefficient (Wildman–Crippen LogP) is 3.31. The minimum Gasteiger partial charge on any atom is -0.378 e. The van der Waals surface area contributed by atoms with E-state index in [0.29, 0.717) is 53.4 Å². The molecule has 7 nitrogen and oxygen atoms in total. The average molecular weight is 416 g/mol. The Bertz CT molecular complexity index is 1010. The van der Waals surface area contributed by atoms with E-state index in [1.54, 1.807) is 36.5 Å². The normalized spacial score (nSPS) is 14.1. The predicted molar refractivity (Wildman–Crippen MR) is 106 cm³/mol. The lowest BCUT2D eigenvalue weighted by Crippen LogP contribution is -2.37.